The molecule has 0 aliphatic heterocycles. The fraction of sp³-hybridized carbons (Fsp3) is 0.875. The van der Waals surface area contributed by atoms with Gasteiger partial charge >= 0.3 is 0 Å². The smallest absolute Gasteiger partial charge is 0.00451 e. The second kappa shape index (κ2) is 4.54. The highest BCUT2D eigenvalue weighted by Gasteiger charge is 2.01. The number of rotatable bonds is 4. The molecule has 0 aliphatic rings. The minimum Gasteiger partial charge on any atom is -0.313 e. The van der Waals surface area contributed by atoms with E-state index in [4.69, 9.17) is 5.41 Å². The van der Waals surface area contributed by atoms with Gasteiger partial charge in [-0.05, 0) is 30.9 Å². The summed E-state index contributed by atoms with van der Waals surface area (Å²) in [5, 5.41) is 6.85. The molecule has 54 valence electrons. The number of hydrogen-bond donors (Lipinski definition) is 1. The van der Waals surface area contributed by atoms with E-state index in [-0.39, 0.29) is 0 Å². The summed E-state index contributed by atoms with van der Waals surface area (Å²) in [5.41, 5.74) is 0. The van der Waals surface area contributed by atoms with Crippen LogP contribution in [0.5, 0.6) is 0 Å². The quantitative estimate of drug-likeness (QED) is 0.561. The lowest BCUT2D eigenvalue weighted by Gasteiger charge is -2.09. The standard InChI is InChI=1S/C8H17N/c1-7(2)6-8(3)4-5-9/h5,7-9H,4,6H2,1-3H3. The normalized spacial score (nSPS) is 13.8. The topological polar surface area (TPSA) is 23.9 Å². The van der Waals surface area contributed by atoms with Crippen molar-refractivity contribution in [2.24, 2.45) is 11.8 Å². The highest BCUT2D eigenvalue weighted by Crippen LogP contribution is 2.12. The molecule has 9 heavy (non-hydrogen) atoms. The van der Waals surface area contributed by atoms with Crippen LogP contribution in [0.15, 0.2) is 0 Å². The molecule has 0 saturated carbocycles. The Morgan fingerprint density at radius 1 is 1.33 bits per heavy atom. The molecule has 0 heterocycles. The molecule has 0 radical (unpaired) electrons. The van der Waals surface area contributed by atoms with E-state index in [1.54, 1.807) is 0 Å². The van der Waals surface area contributed by atoms with E-state index in [9.17, 15) is 0 Å². The summed E-state index contributed by atoms with van der Waals surface area (Å²) in [6.45, 7) is 6.64. The molecule has 0 saturated heterocycles. The van der Waals surface area contributed by atoms with Crippen LogP contribution in [0.2, 0.25) is 0 Å². The van der Waals surface area contributed by atoms with E-state index in [2.05, 4.69) is 20.8 Å². The lowest BCUT2D eigenvalue weighted by atomic mass is 9.97. The molecule has 1 N–H and O–H groups in total. The Morgan fingerprint density at radius 3 is 2.22 bits per heavy atom. The largest absolute Gasteiger partial charge is 0.313 e. The van der Waals surface area contributed by atoms with Gasteiger partial charge in [0.15, 0.2) is 0 Å². The molecule has 1 nitrogen and oxygen atoms in total. The molecule has 0 aromatic carbocycles. The van der Waals surface area contributed by atoms with Crippen LogP contribution >= 0.6 is 0 Å². The van der Waals surface area contributed by atoms with Gasteiger partial charge in [0, 0.05) is 0 Å². The first kappa shape index (κ1) is 8.67. The van der Waals surface area contributed by atoms with E-state index in [1.807, 2.05) is 0 Å². The molecule has 1 unspecified atom stereocenters. The van der Waals surface area contributed by atoms with Gasteiger partial charge in [-0.25, -0.2) is 0 Å². The Morgan fingerprint density at radius 2 is 1.89 bits per heavy atom. The van der Waals surface area contributed by atoms with Crippen molar-refractivity contribution in [3.63, 3.8) is 0 Å². The molecule has 1 atom stereocenters. The molecule has 0 rings (SSSR count). The molecule has 0 spiro atoms. The van der Waals surface area contributed by atoms with Gasteiger partial charge in [0.05, 0.1) is 0 Å². The summed E-state index contributed by atoms with van der Waals surface area (Å²) in [6, 6.07) is 0. The second-order valence-corrected chi connectivity index (χ2v) is 3.17. The van der Waals surface area contributed by atoms with Crippen LogP contribution in [0.25, 0.3) is 0 Å². The van der Waals surface area contributed by atoms with Gasteiger partial charge in [-0.2, -0.15) is 0 Å². The highest BCUT2D eigenvalue weighted by molar-refractivity contribution is 5.53. The van der Waals surface area contributed by atoms with E-state index in [1.165, 1.54) is 12.6 Å². The third-order valence-electron chi connectivity index (χ3n) is 1.39. The Balaban J connectivity index is 3.25. The van der Waals surface area contributed by atoms with E-state index in [0.717, 1.165) is 12.3 Å². The average molecular weight is 127 g/mol. The zero-order valence-corrected chi connectivity index (χ0v) is 6.65. The van der Waals surface area contributed by atoms with Crippen molar-refractivity contribution in [2.75, 3.05) is 0 Å². The van der Waals surface area contributed by atoms with Crippen molar-refractivity contribution >= 4 is 6.21 Å². The summed E-state index contributed by atoms with van der Waals surface area (Å²) in [6.07, 6.45) is 3.70. The molecule has 0 aromatic rings. The molecule has 0 aromatic heterocycles. The van der Waals surface area contributed by atoms with E-state index >= 15 is 0 Å². The van der Waals surface area contributed by atoms with Crippen LogP contribution in [0.3, 0.4) is 0 Å². The third-order valence-corrected chi connectivity index (χ3v) is 1.39. The van der Waals surface area contributed by atoms with Crippen molar-refractivity contribution in [1.29, 1.82) is 5.41 Å². The fourth-order valence-electron chi connectivity index (χ4n) is 1.10. The van der Waals surface area contributed by atoms with Crippen molar-refractivity contribution in [3.8, 4) is 0 Å². The first-order valence-electron chi connectivity index (χ1n) is 3.65. The molecule has 0 aliphatic carbocycles. The van der Waals surface area contributed by atoms with Crippen LogP contribution in [0.1, 0.15) is 33.6 Å². The Labute approximate surface area is 58.0 Å². The fourth-order valence-corrected chi connectivity index (χ4v) is 1.10. The summed E-state index contributed by atoms with van der Waals surface area (Å²) >= 11 is 0. The Hall–Kier alpha value is -0.330. The third kappa shape index (κ3) is 5.54. The molecular weight excluding hydrogens is 110 g/mol. The predicted molar refractivity (Wildman–Crippen MR) is 42.0 cm³/mol. The van der Waals surface area contributed by atoms with E-state index < -0.39 is 0 Å². The van der Waals surface area contributed by atoms with Crippen LogP contribution in [-0.2, 0) is 0 Å². The second-order valence-electron chi connectivity index (χ2n) is 3.17. The molecule has 0 amide bonds. The predicted octanol–water partition coefficient (Wildman–Crippen LogP) is 2.71. The van der Waals surface area contributed by atoms with Crippen molar-refractivity contribution in [1.82, 2.24) is 0 Å². The van der Waals surface area contributed by atoms with Crippen molar-refractivity contribution in [2.45, 2.75) is 33.6 Å². The van der Waals surface area contributed by atoms with Crippen molar-refractivity contribution < 1.29 is 0 Å². The lowest BCUT2D eigenvalue weighted by Crippen LogP contribution is -1.99. The number of hydrogen-bond acceptors (Lipinski definition) is 1. The van der Waals surface area contributed by atoms with Gasteiger partial charge in [0.1, 0.15) is 0 Å². The Kier molecular flexibility index (Phi) is 4.37. The molecule has 1 heteroatoms. The minimum atomic E-state index is 0.697. The van der Waals surface area contributed by atoms with Gasteiger partial charge in [-0.3, -0.25) is 0 Å². The maximum atomic E-state index is 6.85. The van der Waals surface area contributed by atoms with Gasteiger partial charge in [-0.15, -0.1) is 0 Å². The van der Waals surface area contributed by atoms with Crippen LogP contribution < -0.4 is 0 Å². The first-order valence-corrected chi connectivity index (χ1v) is 3.65. The zero-order chi connectivity index (χ0) is 7.28. The molecule has 0 fully saturated rings. The van der Waals surface area contributed by atoms with E-state index in [0.29, 0.717) is 5.92 Å². The SMILES string of the molecule is CC(C)CC(C)CC=N. The van der Waals surface area contributed by atoms with Crippen LogP contribution in [-0.4, -0.2) is 6.21 Å². The molecule has 0 bridgehead atoms. The van der Waals surface area contributed by atoms with Gasteiger partial charge in [0.2, 0.25) is 0 Å². The number of nitrogens with one attached hydrogen (secondary N) is 1. The van der Waals surface area contributed by atoms with Gasteiger partial charge in [0.25, 0.3) is 0 Å². The van der Waals surface area contributed by atoms with Gasteiger partial charge < -0.3 is 5.41 Å². The molecular formula is C8H17N. The minimum absolute atomic E-state index is 0.697. The summed E-state index contributed by atoms with van der Waals surface area (Å²) in [4.78, 5) is 0. The Bertz CT molecular complexity index is 76.6. The monoisotopic (exact) mass is 127 g/mol. The first-order chi connectivity index (χ1) is 4.16. The zero-order valence-electron chi connectivity index (χ0n) is 6.65. The van der Waals surface area contributed by atoms with Crippen LogP contribution in [0, 0.1) is 17.2 Å². The van der Waals surface area contributed by atoms with Crippen LogP contribution in [0.4, 0.5) is 0 Å². The maximum Gasteiger partial charge on any atom is -0.00451 e. The summed E-state index contributed by atoms with van der Waals surface area (Å²) < 4.78 is 0. The lowest BCUT2D eigenvalue weighted by molar-refractivity contribution is 0.452. The summed E-state index contributed by atoms with van der Waals surface area (Å²) in [5.74, 6) is 1.47. The maximum absolute atomic E-state index is 6.85. The average Bonchev–Trinajstić information content (AvgIpc) is 1.63. The highest BCUT2D eigenvalue weighted by atomic mass is 14.3. The summed E-state index contributed by atoms with van der Waals surface area (Å²) in [7, 11) is 0. The van der Waals surface area contributed by atoms with Crippen molar-refractivity contribution in [3.05, 3.63) is 0 Å². The van der Waals surface area contributed by atoms with Gasteiger partial charge in [-0.1, -0.05) is 20.8 Å².